The molecule has 1 aliphatic heterocycles. The van der Waals surface area contributed by atoms with Crippen LogP contribution in [-0.2, 0) is 13.6 Å². The first-order chi connectivity index (χ1) is 8.67. The lowest BCUT2D eigenvalue weighted by Gasteiger charge is -2.52. The summed E-state index contributed by atoms with van der Waals surface area (Å²) in [6, 6.07) is 0. The predicted molar refractivity (Wildman–Crippen MR) is 77.8 cm³/mol. The zero-order chi connectivity index (χ0) is 14.7. The van der Waals surface area contributed by atoms with Gasteiger partial charge in [-0.1, -0.05) is 0 Å². The van der Waals surface area contributed by atoms with Crippen molar-refractivity contribution in [1.29, 1.82) is 0 Å². The molecule has 1 aliphatic rings. The average molecular weight is 292 g/mol. The Morgan fingerprint density at radius 1 is 1.05 bits per heavy atom. The zero-order valence-corrected chi connectivity index (χ0v) is 14.0. The van der Waals surface area contributed by atoms with Crippen LogP contribution in [0, 0.1) is 0 Å². The molecule has 1 fully saturated rings. The molecule has 0 amide bonds. The Balaban J connectivity index is 2.94. The first kappa shape index (κ1) is 17.1. The molecule has 0 aliphatic carbocycles. The molecular formula is C13H29N2O3P. The highest BCUT2D eigenvalue weighted by molar-refractivity contribution is 7.51. The Bertz CT molecular complexity index is 319. The van der Waals surface area contributed by atoms with E-state index in [4.69, 9.17) is 9.05 Å². The SMILES string of the molecule is CCOP(=O)(NN1C(C)(C)CCCC1(C)C)OCC. The van der Waals surface area contributed by atoms with Crippen molar-refractivity contribution in [2.75, 3.05) is 13.2 Å². The fraction of sp³-hybridized carbons (Fsp3) is 1.00. The molecule has 1 saturated heterocycles. The molecule has 1 N–H and O–H groups in total. The molecule has 0 unspecified atom stereocenters. The predicted octanol–water partition coefficient (Wildman–Crippen LogP) is 3.72. The van der Waals surface area contributed by atoms with Crippen molar-refractivity contribution in [3.8, 4) is 0 Å². The molecule has 0 radical (unpaired) electrons. The maximum atomic E-state index is 12.7. The molecule has 0 aromatic heterocycles. The van der Waals surface area contributed by atoms with E-state index >= 15 is 0 Å². The quantitative estimate of drug-likeness (QED) is 0.756. The molecular weight excluding hydrogens is 263 g/mol. The van der Waals surface area contributed by atoms with E-state index in [2.05, 4.69) is 37.9 Å². The first-order valence-corrected chi connectivity index (χ1v) is 8.68. The lowest BCUT2D eigenvalue weighted by Crippen LogP contribution is -2.63. The molecule has 0 aromatic carbocycles. The van der Waals surface area contributed by atoms with Gasteiger partial charge in [0.15, 0.2) is 0 Å². The van der Waals surface area contributed by atoms with Crippen molar-refractivity contribution in [1.82, 2.24) is 10.2 Å². The van der Waals surface area contributed by atoms with Gasteiger partial charge in [0, 0.05) is 11.1 Å². The van der Waals surface area contributed by atoms with Crippen LogP contribution in [0.2, 0.25) is 0 Å². The fourth-order valence-corrected chi connectivity index (χ4v) is 4.48. The molecule has 6 heteroatoms. The first-order valence-electron chi connectivity index (χ1n) is 7.14. The van der Waals surface area contributed by atoms with Gasteiger partial charge in [-0.3, -0.25) is 9.05 Å². The van der Waals surface area contributed by atoms with Crippen LogP contribution in [0.15, 0.2) is 0 Å². The van der Waals surface area contributed by atoms with Crippen molar-refractivity contribution < 1.29 is 13.6 Å². The largest absolute Gasteiger partial charge is 0.419 e. The summed E-state index contributed by atoms with van der Waals surface area (Å²) in [7, 11) is -3.27. The fourth-order valence-electron chi connectivity index (χ4n) is 2.82. The molecule has 114 valence electrons. The number of hydrogen-bond acceptors (Lipinski definition) is 4. The summed E-state index contributed by atoms with van der Waals surface area (Å²) in [4.78, 5) is 0. The topological polar surface area (TPSA) is 50.8 Å². The van der Waals surface area contributed by atoms with Gasteiger partial charge in [-0.25, -0.2) is 9.57 Å². The summed E-state index contributed by atoms with van der Waals surface area (Å²) < 4.78 is 23.3. The van der Waals surface area contributed by atoms with Crippen LogP contribution >= 0.6 is 7.75 Å². The third kappa shape index (κ3) is 4.27. The molecule has 1 heterocycles. The highest BCUT2D eigenvalue weighted by Crippen LogP contribution is 2.48. The highest BCUT2D eigenvalue weighted by Gasteiger charge is 2.45. The van der Waals surface area contributed by atoms with Crippen molar-refractivity contribution in [2.45, 2.75) is 71.9 Å². The standard InChI is InChI=1S/C13H29N2O3P/c1-7-17-19(16,18-8-2)14-15-12(3,4)10-9-11-13(15,5)6/h7-11H2,1-6H3,(H,14,16). The second-order valence-corrected chi connectivity index (χ2v) is 7.96. The van der Waals surface area contributed by atoms with E-state index in [1.807, 2.05) is 13.8 Å². The third-order valence-corrected chi connectivity index (χ3v) is 5.25. The molecule has 19 heavy (non-hydrogen) atoms. The van der Waals surface area contributed by atoms with Crippen LogP contribution in [0.3, 0.4) is 0 Å². The highest BCUT2D eigenvalue weighted by atomic mass is 31.2. The Hall–Kier alpha value is 0.0700. The van der Waals surface area contributed by atoms with E-state index in [9.17, 15) is 4.57 Å². The van der Waals surface area contributed by atoms with E-state index in [1.54, 1.807) is 0 Å². The van der Waals surface area contributed by atoms with Crippen molar-refractivity contribution >= 4 is 7.75 Å². The van der Waals surface area contributed by atoms with Gasteiger partial charge in [0.25, 0.3) is 0 Å². The molecule has 1 rings (SSSR count). The summed E-state index contributed by atoms with van der Waals surface area (Å²) in [5, 5.41) is 5.12. The van der Waals surface area contributed by atoms with Crippen LogP contribution in [0.5, 0.6) is 0 Å². The molecule has 5 nitrogen and oxygen atoms in total. The molecule has 0 bridgehead atoms. The summed E-state index contributed by atoms with van der Waals surface area (Å²) in [5.74, 6) is 0. The van der Waals surface area contributed by atoms with Crippen LogP contribution < -0.4 is 5.20 Å². The number of hydrogen-bond donors (Lipinski definition) is 1. The summed E-state index contributed by atoms with van der Waals surface area (Å²) in [6.45, 7) is 13.0. The normalized spacial score (nSPS) is 23.5. The number of piperidine rings is 1. The summed E-state index contributed by atoms with van der Waals surface area (Å²) >= 11 is 0. The van der Waals surface area contributed by atoms with Gasteiger partial charge in [0.05, 0.1) is 13.2 Å². The Morgan fingerprint density at radius 3 is 1.84 bits per heavy atom. The maximum Gasteiger partial charge on any atom is 0.419 e. The van der Waals surface area contributed by atoms with E-state index < -0.39 is 7.75 Å². The Morgan fingerprint density at radius 2 is 1.47 bits per heavy atom. The molecule has 0 saturated carbocycles. The van der Waals surface area contributed by atoms with Gasteiger partial charge >= 0.3 is 7.75 Å². The van der Waals surface area contributed by atoms with Gasteiger partial charge in [-0.15, -0.1) is 0 Å². The Labute approximate surface area is 117 Å². The lowest BCUT2D eigenvalue weighted by molar-refractivity contribution is -0.0561. The molecule has 0 spiro atoms. The van der Waals surface area contributed by atoms with Gasteiger partial charge in [0.2, 0.25) is 0 Å². The minimum absolute atomic E-state index is 0.0778. The molecule has 0 aromatic rings. The van der Waals surface area contributed by atoms with Gasteiger partial charge in [-0.05, 0) is 60.8 Å². The second-order valence-electron chi connectivity index (χ2n) is 6.25. The van der Waals surface area contributed by atoms with Gasteiger partial charge in [-0.2, -0.15) is 5.20 Å². The smallest absolute Gasteiger partial charge is 0.296 e. The number of nitrogens with one attached hydrogen (secondary N) is 1. The van der Waals surface area contributed by atoms with Crippen molar-refractivity contribution in [2.24, 2.45) is 0 Å². The second kappa shape index (κ2) is 6.23. The van der Waals surface area contributed by atoms with E-state index in [0.717, 1.165) is 12.8 Å². The van der Waals surface area contributed by atoms with E-state index in [0.29, 0.717) is 13.2 Å². The summed E-state index contributed by atoms with van der Waals surface area (Å²) in [5.41, 5.74) is -0.156. The third-order valence-electron chi connectivity index (χ3n) is 3.61. The summed E-state index contributed by atoms with van der Waals surface area (Å²) in [6.07, 6.45) is 3.29. The van der Waals surface area contributed by atoms with Crippen LogP contribution in [0.25, 0.3) is 0 Å². The van der Waals surface area contributed by atoms with Crippen LogP contribution in [-0.4, -0.2) is 29.3 Å². The average Bonchev–Trinajstić information content (AvgIpc) is 2.24. The lowest BCUT2D eigenvalue weighted by atomic mass is 9.82. The van der Waals surface area contributed by atoms with Crippen LogP contribution in [0.1, 0.15) is 60.8 Å². The van der Waals surface area contributed by atoms with Gasteiger partial charge in [0.1, 0.15) is 0 Å². The van der Waals surface area contributed by atoms with E-state index in [-0.39, 0.29) is 11.1 Å². The van der Waals surface area contributed by atoms with Crippen molar-refractivity contribution in [3.63, 3.8) is 0 Å². The minimum atomic E-state index is -3.27. The van der Waals surface area contributed by atoms with Crippen molar-refractivity contribution in [3.05, 3.63) is 0 Å². The van der Waals surface area contributed by atoms with E-state index in [1.165, 1.54) is 6.42 Å². The zero-order valence-electron chi connectivity index (χ0n) is 13.2. The maximum absolute atomic E-state index is 12.7. The number of nitrogens with zero attached hydrogens (tertiary/aromatic N) is 1. The monoisotopic (exact) mass is 292 g/mol. The molecule has 0 atom stereocenters. The number of rotatable bonds is 6. The van der Waals surface area contributed by atoms with Crippen LogP contribution in [0.4, 0.5) is 0 Å². The Kier molecular flexibility index (Phi) is 5.61. The van der Waals surface area contributed by atoms with Gasteiger partial charge < -0.3 is 0 Å². The number of hydrazine groups is 1. The minimum Gasteiger partial charge on any atom is -0.296 e.